The highest BCUT2D eigenvalue weighted by atomic mass is 16.3. The van der Waals surface area contributed by atoms with Gasteiger partial charge in [-0.2, -0.15) is 0 Å². The van der Waals surface area contributed by atoms with Crippen LogP contribution in [0.5, 0.6) is 0 Å². The van der Waals surface area contributed by atoms with Gasteiger partial charge in [-0.1, -0.05) is 12.8 Å². The highest BCUT2D eigenvalue weighted by Crippen LogP contribution is 2.24. The van der Waals surface area contributed by atoms with Gasteiger partial charge < -0.3 is 15.5 Å². The largest absolute Gasteiger partial charge is 0.393 e. The van der Waals surface area contributed by atoms with Crippen molar-refractivity contribution >= 4 is 0 Å². The van der Waals surface area contributed by atoms with Gasteiger partial charge in [-0.15, -0.1) is 0 Å². The molecule has 2 saturated carbocycles. The van der Waals surface area contributed by atoms with Crippen LogP contribution in [0.2, 0.25) is 0 Å². The minimum atomic E-state index is -0.136. The van der Waals surface area contributed by atoms with E-state index in [4.69, 9.17) is 0 Å². The first-order chi connectivity index (χ1) is 7.75. The van der Waals surface area contributed by atoms with Gasteiger partial charge in [0.05, 0.1) is 12.2 Å². The predicted octanol–water partition coefficient (Wildman–Crippen LogP) is 1.43. The molecular formula is C13H25NO2. The maximum atomic E-state index is 9.84. The lowest BCUT2D eigenvalue weighted by Crippen LogP contribution is -2.44. The molecule has 16 heavy (non-hydrogen) atoms. The Morgan fingerprint density at radius 1 is 0.875 bits per heavy atom. The SMILES string of the molecule is OC1CCC(CN[C@H]2CCCC[C@@H]2O)CC1. The van der Waals surface area contributed by atoms with E-state index in [1.165, 1.54) is 12.8 Å². The lowest BCUT2D eigenvalue weighted by molar-refractivity contribution is 0.0796. The average Bonchev–Trinajstić information content (AvgIpc) is 2.30. The summed E-state index contributed by atoms with van der Waals surface area (Å²) in [6, 6.07) is 0.320. The zero-order chi connectivity index (χ0) is 11.4. The first-order valence-electron chi connectivity index (χ1n) is 6.85. The van der Waals surface area contributed by atoms with E-state index in [9.17, 15) is 10.2 Å². The van der Waals surface area contributed by atoms with Crippen molar-refractivity contribution in [2.24, 2.45) is 5.92 Å². The predicted molar refractivity (Wildman–Crippen MR) is 64.2 cm³/mol. The second kappa shape index (κ2) is 5.99. The van der Waals surface area contributed by atoms with Crippen LogP contribution in [0.25, 0.3) is 0 Å². The van der Waals surface area contributed by atoms with Gasteiger partial charge >= 0.3 is 0 Å². The summed E-state index contributed by atoms with van der Waals surface area (Å²) in [5.74, 6) is 0.706. The molecule has 0 aromatic heterocycles. The van der Waals surface area contributed by atoms with Crippen LogP contribution in [-0.2, 0) is 0 Å². The average molecular weight is 227 g/mol. The molecule has 2 aliphatic rings. The third-order valence-corrected chi connectivity index (χ3v) is 4.21. The highest BCUT2D eigenvalue weighted by molar-refractivity contribution is 4.82. The molecule has 3 nitrogen and oxygen atoms in total. The van der Waals surface area contributed by atoms with Gasteiger partial charge in [0.1, 0.15) is 0 Å². The van der Waals surface area contributed by atoms with Crippen LogP contribution in [0.15, 0.2) is 0 Å². The normalized spacial score (nSPS) is 40.9. The quantitative estimate of drug-likeness (QED) is 0.683. The minimum Gasteiger partial charge on any atom is -0.393 e. The van der Waals surface area contributed by atoms with Gasteiger partial charge in [-0.05, 0) is 51.0 Å². The van der Waals surface area contributed by atoms with Crippen LogP contribution >= 0.6 is 0 Å². The third-order valence-electron chi connectivity index (χ3n) is 4.21. The Balaban J connectivity index is 1.66. The molecule has 3 heteroatoms. The summed E-state index contributed by atoms with van der Waals surface area (Å²) in [4.78, 5) is 0. The fourth-order valence-electron chi connectivity index (χ4n) is 3.02. The first kappa shape index (κ1) is 12.3. The Morgan fingerprint density at radius 2 is 1.56 bits per heavy atom. The molecule has 0 amide bonds. The van der Waals surface area contributed by atoms with Gasteiger partial charge in [0.25, 0.3) is 0 Å². The molecule has 2 aliphatic carbocycles. The molecule has 0 unspecified atom stereocenters. The fraction of sp³-hybridized carbons (Fsp3) is 1.00. The smallest absolute Gasteiger partial charge is 0.0693 e. The second-order valence-electron chi connectivity index (χ2n) is 5.54. The van der Waals surface area contributed by atoms with Crippen LogP contribution in [-0.4, -0.2) is 35.0 Å². The molecule has 94 valence electrons. The maximum Gasteiger partial charge on any atom is 0.0693 e. The van der Waals surface area contributed by atoms with Crippen LogP contribution in [0.1, 0.15) is 51.4 Å². The van der Waals surface area contributed by atoms with Crippen molar-refractivity contribution in [2.75, 3.05) is 6.54 Å². The summed E-state index contributed by atoms with van der Waals surface area (Å²) < 4.78 is 0. The van der Waals surface area contributed by atoms with Crippen LogP contribution in [0.3, 0.4) is 0 Å². The summed E-state index contributed by atoms with van der Waals surface area (Å²) in [5, 5.41) is 22.8. The molecule has 0 aromatic carbocycles. The van der Waals surface area contributed by atoms with E-state index in [1.54, 1.807) is 0 Å². The van der Waals surface area contributed by atoms with Gasteiger partial charge in [0.15, 0.2) is 0 Å². The molecular weight excluding hydrogens is 202 g/mol. The van der Waals surface area contributed by atoms with Gasteiger partial charge in [-0.25, -0.2) is 0 Å². The minimum absolute atomic E-state index is 0.0588. The van der Waals surface area contributed by atoms with E-state index in [1.807, 2.05) is 0 Å². The fourth-order valence-corrected chi connectivity index (χ4v) is 3.02. The Bertz CT molecular complexity index is 202. The van der Waals surface area contributed by atoms with Gasteiger partial charge in [-0.3, -0.25) is 0 Å². The Kier molecular flexibility index (Phi) is 4.62. The number of aliphatic hydroxyl groups is 2. The summed E-state index contributed by atoms with van der Waals surface area (Å²) in [5.41, 5.74) is 0. The highest BCUT2D eigenvalue weighted by Gasteiger charge is 2.24. The zero-order valence-corrected chi connectivity index (χ0v) is 10.1. The van der Waals surface area contributed by atoms with E-state index < -0.39 is 0 Å². The molecule has 0 radical (unpaired) electrons. The van der Waals surface area contributed by atoms with Gasteiger partial charge in [0, 0.05) is 6.04 Å². The van der Waals surface area contributed by atoms with Gasteiger partial charge in [0.2, 0.25) is 0 Å². The van der Waals surface area contributed by atoms with Crippen LogP contribution in [0, 0.1) is 5.92 Å². The number of hydrogen-bond acceptors (Lipinski definition) is 3. The van der Waals surface area contributed by atoms with Crippen molar-refractivity contribution < 1.29 is 10.2 Å². The van der Waals surface area contributed by atoms with Crippen molar-refractivity contribution in [3.05, 3.63) is 0 Å². The summed E-state index contributed by atoms with van der Waals surface area (Å²) in [6.45, 7) is 1.02. The maximum absolute atomic E-state index is 9.84. The monoisotopic (exact) mass is 227 g/mol. The van der Waals surface area contributed by atoms with Crippen LogP contribution < -0.4 is 5.32 Å². The summed E-state index contributed by atoms with van der Waals surface area (Å²) in [7, 11) is 0. The molecule has 0 spiro atoms. The number of rotatable bonds is 3. The number of aliphatic hydroxyl groups excluding tert-OH is 2. The van der Waals surface area contributed by atoms with E-state index in [0.29, 0.717) is 12.0 Å². The summed E-state index contributed by atoms with van der Waals surface area (Å²) >= 11 is 0. The number of hydrogen-bond donors (Lipinski definition) is 3. The topological polar surface area (TPSA) is 52.5 Å². The lowest BCUT2D eigenvalue weighted by atomic mass is 9.86. The van der Waals surface area contributed by atoms with E-state index in [0.717, 1.165) is 45.1 Å². The van der Waals surface area contributed by atoms with Crippen molar-refractivity contribution in [1.29, 1.82) is 0 Å². The Morgan fingerprint density at radius 3 is 2.25 bits per heavy atom. The lowest BCUT2D eigenvalue weighted by Gasteiger charge is -2.32. The molecule has 0 aliphatic heterocycles. The second-order valence-corrected chi connectivity index (χ2v) is 5.54. The summed E-state index contributed by atoms with van der Waals surface area (Å²) in [6.07, 6.45) is 8.50. The molecule has 0 aromatic rings. The molecule has 2 rings (SSSR count). The molecule has 3 N–H and O–H groups in total. The van der Waals surface area contributed by atoms with E-state index in [2.05, 4.69) is 5.32 Å². The third kappa shape index (κ3) is 3.44. The number of nitrogens with one attached hydrogen (secondary N) is 1. The van der Waals surface area contributed by atoms with E-state index >= 15 is 0 Å². The molecule has 2 atom stereocenters. The first-order valence-corrected chi connectivity index (χ1v) is 6.85. The Hall–Kier alpha value is -0.120. The van der Waals surface area contributed by atoms with Crippen LogP contribution in [0.4, 0.5) is 0 Å². The zero-order valence-electron chi connectivity index (χ0n) is 10.1. The van der Waals surface area contributed by atoms with E-state index in [-0.39, 0.29) is 12.2 Å². The molecule has 2 fully saturated rings. The standard InChI is InChI=1S/C13H25NO2/c15-11-7-5-10(6-8-11)9-14-12-3-1-2-4-13(12)16/h10-16H,1-9H2/t10?,11?,12-,13-/m0/s1. The molecule has 0 heterocycles. The van der Waals surface area contributed by atoms with Crippen molar-refractivity contribution in [3.63, 3.8) is 0 Å². The van der Waals surface area contributed by atoms with Crippen molar-refractivity contribution in [3.8, 4) is 0 Å². The van der Waals surface area contributed by atoms with Crippen molar-refractivity contribution in [2.45, 2.75) is 69.6 Å². The Labute approximate surface area is 98.2 Å². The van der Waals surface area contributed by atoms with Crippen molar-refractivity contribution in [1.82, 2.24) is 5.32 Å². The molecule has 0 saturated heterocycles. The molecule has 0 bridgehead atoms.